The van der Waals surface area contributed by atoms with E-state index in [1.807, 2.05) is 0 Å². The van der Waals surface area contributed by atoms with Crippen molar-refractivity contribution < 1.29 is 92.6 Å². The summed E-state index contributed by atoms with van der Waals surface area (Å²) in [5, 5.41) is 86.2. The minimum atomic E-state index is -2.10. The van der Waals surface area contributed by atoms with Crippen LogP contribution in [-0.2, 0) is 54.0 Å². The van der Waals surface area contributed by atoms with Crippen LogP contribution < -0.4 is 20.1 Å². The number of aliphatic hydroxyl groups excluding tert-OH is 3. The summed E-state index contributed by atoms with van der Waals surface area (Å²) in [7, 11) is 2.77. The van der Waals surface area contributed by atoms with Crippen molar-refractivity contribution in [3.63, 3.8) is 0 Å². The fourth-order valence-corrected chi connectivity index (χ4v) is 11.0. The van der Waals surface area contributed by atoms with Gasteiger partial charge in [0.1, 0.15) is 41.5 Å². The number of nitrogens with zero attached hydrogens (tertiary/aromatic N) is 1. The van der Waals surface area contributed by atoms with Gasteiger partial charge in [0.15, 0.2) is 24.1 Å². The largest absolute Gasteiger partial charge is 0.508 e. The van der Waals surface area contributed by atoms with Crippen molar-refractivity contribution in [2.75, 3.05) is 20.8 Å². The molecule has 1 unspecified atom stereocenters. The van der Waals surface area contributed by atoms with Gasteiger partial charge >= 0.3 is 5.97 Å². The standard InChI is InChI=1S/C55H83N3O20/c1-13-41-55(10,68)47(63)30(4)44(61)28(2)26-53(8,67)49(31(5)46(32(6)51(66)76-41)77-43-27-54(9,72-12)48(64)33(7)75-43)78-52-45(62)37(23-29(3)74-52)57-50(65)38(24-34-16-19-36(59)20-17-34)56-42(60)15-14-22-73-39-21-18-35(58(69)70)25-40(39)71-11/h16-21,25,28-33,37-38,41,43,45-49,52,59,62-64,67-68H,13-15,22-24,26-27H2,1-12H3,(H,56,60)(H,57,65)/t28-,29-,30+,31+,32-,33+,37+,38?,41-,43+,45-,46+,47-,48+,49-,52+,53+,54-,55-/m1/s1. The van der Waals surface area contributed by atoms with E-state index in [0.717, 1.165) is 0 Å². The number of aliphatic hydroxyl groups is 5. The number of ether oxygens (including phenoxy) is 8. The van der Waals surface area contributed by atoms with Gasteiger partial charge in [-0.2, -0.15) is 0 Å². The van der Waals surface area contributed by atoms with Gasteiger partial charge in [0, 0.05) is 50.2 Å². The Bertz CT molecular complexity index is 2350. The monoisotopic (exact) mass is 1110 g/mol. The lowest BCUT2D eigenvalue weighted by Crippen LogP contribution is -2.62. The molecule has 3 heterocycles. The number of nitro benzene ring substituents is 1. The second-order valence-corrected chi connectivity index (χ2v) is 22.1. The van der Waals surface area contributed by atoms with Crippen LogP contribution in [0.1, 0.15) is 113 Å². The zero-order chi connectivity index (χ0) is 58.2. The van der Waals surface area contributed by atoms with Crippen molar-refractivity contribution in [3.05, 3.63) is 58.1 Å². The highest BCUT2D eigenvalue weighted by molar-refractivity contribution is 5.88. The number of nitrogens with one attached hydrogen (secondary N) is 2. The third-order valence-corrected chi connectivity index (χ3v) is 15.7. The van der Waals surface area contributed by atoms with Gasteiger partial charge in [-0.3, -0.25) is 29.3 Å². The van der Waals surface area contributed by atoms with Crippen molar-refractivity contribution in [2.45, 2.75) is 204 Å². The van der Waals surface area contributed by atoms with E-state index in [2.05, 4.69) is 10.6 Å². The van der Waals surface area contributed by atoms with Gasteiger partial charge in [0.05, 0.1) is 78.4 Å². The number of ketones is 1. The van der Waals surface area contributed by atoms with Gasteiger partial charge in [0.2, 0.25) is 11.8 Å². The van der Waals surface area contributed by atoms with Crippen LogP contribution in [0.4, 0.5) is 5.69 Å². The Morgan fingerprint density at radius 3 is 2.18 bits per heavy atom. The van der Waals surface area contributed by atoms with Gasteiger partial charge in [0.25, 0.3) is 5.69 Å². The first-order chi connectivity index (χ1) is 36.5. The molecule has 0 aromatic heterocycles. The maximum absolute atomic E-state index is 14.4. The number of methoxy groups -OCH3 is 2. The van der Waals surface area contributed by atoms with Crippen LogP contribution in [0.2, 0.25) is 0 Å². The number of hydrogen-bond acceptors (Lipinski definition) is 20. The summed E-state index contributed by atoms with van der Waals surface area (Å²) in [6.45, 7) is 15.5. The molecule has 5 rings (SSSR count). The molecule has 0 spiro atoms. The molecule has 3 fully saturated rings. The number of phenolic OH excluding ortho intramolecular Hbond substituents is 1. The third kappa shape index (κ3) is 15.4. The molecule has 0 saturated carbocycles. The molecular formula is C55H83N3O20. The predicted molar refractivity (Wildman–Crippen MR) is 279 cm³/mol. The lowest BCUT2D eigenvalue weighted by molar-refractivity contribution is -0.385. The van der Waals surface area contributed by atoms with Crippen molar-refractivity contribution in [1.29, 1.82) is 0 Å². The van der Waals surface area contributed by atoms with E-state index in [4.69, 9.17) is 37.9 Å². The average molecular weight is 1110 g/mol. The van der Waals surface area contributed by atoms with Crippen LogP contribution in [0, 0.1) is 33.8 Å². The van der Waals surface area contributed by atoms with Crippen molar-refractivity contribution in [2.24, 2.45) is 23.7 Å². The second kappa shape index (κ2) is 26.9. The van der Waals surface area contributed by atoms with Crippen LogP contribution >= 0.6 is 0 Å². The molecule has 8 N–H and O–H groups in total. The number of cyclic esters (lactones) is 1. The Morgan fingerprint density at radius 2 is 1.56 bits per heavy atom. The van der Waals surface area contributed by atoms with Crippen molar-refractivity contribution >= 4 is 29.3 Å². The number of rotatable bonds is 18. The topological polar surface area (TPSA) is 331 Å². The fourth-order valence-electron chi connectivity index (χ4n) is 11.0. The van der Waals surface area contributed by atoms with E-state index < -0.39 is 142 Å². The zero-order valence-electron chi connectivity index (χ0n) is 46.8. The Morgan fingerprint density at radius 1 is 0.897 bits per heavy atom. The van der Waals surface area contributed by atoms with Crippen molar-refractivity contribution in [1.82, 2.24) is 10.6 Å². The summed E-state index contributed by atoms with van der Waals surface area (Å²) in [5.74, 6) is -6.76. The minimum Gasteiger partial charge on any atom is -0.508 e. The molecule has 3 saturated heterocycles. The number of Topliss-reactive ketones (excluding diaryl/α,β-unsaturated/α-hetero) is 1. The molecule has 438 valence electrons. The highest BCUT2D eigenvalue weighted by atomic mass is 16.7. The molecule has 3 aliphatic heterocycles. The van der Waals surface area contributed by atoms with E-state index in [9.17, 15) is 59.9 Å². The lowest BCUT2D eigenvalue weighted by atomic mass is 9.74. The Labute approximate surface area is 455 Å². The first-order valence-corrected chi connectivity index (χ1v) is 26.7. The summed E-state index contributed by atoms with van der Waals surface area (Å²) >= 11 is 0. The highest BCUT2D eigenvalue weighted by Crippen LogP contribution is 2.41. The van der Waals surface area contributed by atoms with E-state index in [0.29, 0.717) is 5.56 Å². The van der Waals surface area contributed by atoms with Gasteiger partial charge in [-0.25, -0.2) is 0 Å². The smallest absolute Gasteiger partial charge is 0.311 e. The summed E-state index contributed by atoms with van der Waals surface area (Å²) < 4.78 is 48.5. The van der Waals surface area contributed by atoms with Crippen molar-refractivity contribution in [3.8, 4) is 17.2 Å². The molecule has 2 aromatic rings. The van der Waals surface area contributed by atoms with Crippen LogP contribution in [-0.4, -0.2) is 170 Å². The first kappa shape index (κ1) is 63.7. The predicted octanol–water partition coefficient (Wildman–Crippen LogP) is 3.55. The number of hydrogen-bond donors (Lipinski definition) is 8. The molecule has 19 atom stereocenters. The number of carbonyl (C=O) groups is 4. The van der Waals surface area contributed by atoms with E-state index in [-0.39, 0.29) is 74.5 Å². The number of carbonyl (C=O) groups excluding carboxylic acids is 4. The fraction of sp³-hybridized carbons (Fsp3) is 0.709. The molecule has 0 radical (unpaired) electrons. The number of non-ortho nitro benzene ring substituents is 1. The normalized spacial score (nSPS) is 36.6. The molecule has 2 aromatic carbocycles. The molecule has 2 amide bonds. The third-order valence-electron chi connectivity index (χ3n) is 15.7. The zero-order valence-corrected chi connectivity index (χ0v) is 46.8. The number of esters is 1. The molecule has 0 aliphatic carbocycles. The van der Waals surface area contributed by atoms with Crippen LogP contribution in [0.15, 0.2) is 42.5 Å². The van der Waals surface area contributed by atoms with E-state index >= 15 is 0 Å². The summed E-state index contributed by atoms with van der Waals surface area (Å²) in [4.78, 5) is 67.1. The van der Waals surface area contributed by atoms with Gasteiger partial charge in [-0.15, -0.1) is 0 Å². The molecule has 0 bridgehead atoms. The number of phenols is 1. The first-order valence-electron chi connectivity index (χ1n) is 26.7. The second-order valence-electron chi connectivity index (χ2n) is 22.1. The molecule has 3 aliphatic rings. The van der Waals surface area contributed by atoms with Gasteiger partial charge < -0.3 is 79.2 Å². The van der Waals surface area contributed by atoms with Gasteiger partial charge in [-0.05, 0) is 91.0 Å². The molecular weight excluding hydrogens is 1020 g/mol. The molecule has 78 heavy (non-hydrogen) atoms. The molecule has 23 heteroatoms. The lowest BCUT2D eigenvalue weighted by Gasteiger charge is -2.48. The van der Waals surface area contributed by atoms with E-state index in [1.165, 1.54) is 72.2 Å². The van der Waals surface area contributed by atoms with Crippen LogP contribution in [0.25, 0.3) is 0 Å². The Hall–Kier alpha value is -5.08. The Balaban J connectivity index is 1.44. The van der Waals surface area contributed by atoms with Crippen LogP contribution in [0.3, 0.4) is 0 Å². The van der Waals surface area contributed by atoms with Gasteiger partial charge in [-0.1, -0.05) is 39.8 Å². The summed E-state index contributed by atoms with van der Waals surface area (Å²) in [6.07, 6.45) is -12.9. The number of nitro groups is 1. The quantitative estimate of drug-likeness (QED) is 0.0458. The SMILES string of the molecule is CC[C@H]1OC(=O)[C@H](C)[C@@H](O[C@H]2C[C@@](C)(OC)[C@@H](O)[C@H](C)O2)[C@H](C)[C@@H](O[C@@H]2O[C@H](C)C[C@H](NC(=O)C(Cc3ccc(O)cc3)NC(=O)CCCOc3ccc([N+](=O)[O-])cc3OC)[C@H]2O)[C@@](C)(O)C[C@@H](C)C(=O)[C@H](C)[C@@H](O)[C@]1(C)O. The maximum Gasteiger partial charge on any atom is 0.311 e. The average Bonchev–Trinajstić information content (AvgIpc) is 3.44. The molecule has 23 nitrogen and oxygen atoms in total. The van der Waals surface area contributed by atoms with Crippen LogP contribution in [0.5, 0.6) is 17.2 Å². The number of benzene rings is 2. The number of aromatic hydroxyl groups is 1. The summed E-state index contributed by atoms with van der Waals surface area (Å²) in [5.41, 5.74) is -4.92. The highest BCUT2D eigenvalue weighted by Gasteiger charge is 2.54. The van der Waals surface area contributed by atoms with E-state index in [1.54, 1.807) is 53.7 Å². The number of amides is 2. The minimum absolute atomic E-state index is 0.0112. The summed E-state index contributed by atoms with van der Waals surface area (Å²) in [6, 6.07) is 7.58. The maximum atomic E-state index is 14.4. The Kier molecular flexibility index (Phi) is 22.0.